The number of carbonyl (C=O) groups is 3. The van der Waals surface area contributed by atoms with Crippen LogP contribution in [-0.4, -0.2) is 44.2 Å². The lowest BCUT2D eigenvalue weighted by atomic mass is 10.1. The molecule has 0 saturated carbocycles. The summed E-state index contributed by atoms with van der Waals surface area (Å²) in [4.78, 5) is 34.6. The number of ether oxygens (including phenoxy) is 2. The van der Waals surface area contributed by atoms with E-state index in [2.05, 4.69) is 15.8 Å². The zero-order chi connectivity index (χ0) is 21.2. The summed E-state index contributed by atoms with van der Waals surface area (Å²) in [6.07, 6.45) is 1.40. The Morgan fingerprint density at radius 3 is 2.62 bits per heavy atom. The molecule has 152 valence electrons. The minimum Gasteiger partial charge on any atom is -0.493 e. The topological polar surface area (TPSA) is 132 Å². The number of hydrogen-bond acceptors (Lipinski definition) is 6. The summed E-state index contributed by atoms with van der Waals surface area (Å²) >= 11 is 0. The second-order valence-corrected chi connectivity index (χ2v) is 6.01. The summed E-state index contributed by atoms with van der Waals surface area (Å²) in [5.74, 6) is -0.687. The summed E-state index contributed by atoms with van der Waals surface area (Å²) in [6.45, 7) is 1.39. The molecule has 2 rings (SSSR count). The summed E-state index contributed by atoms with van der Waals surface area (Å²) in [7, 11) is 1.45. The van der Waals surface area contributed by atoms with Gasteiger partial charge in [-0.2, -0.15) is 5.10 Å². The van der Waals surface area contributed by atoms with E-state index in [1.807, 2.05) is 13.0 Å². The largest absolute Gasteiger partial charge is 0.493 e. The molecule has 0 aliphatic carbocycles. The van der Waals surface area contributed by atoms with Gasteiger partial charge in [-0.15, -0.1) is 0 Å². The van der Waals surface area contributed by atoms with Crippen LogP contribution in [0.3, 0.4) is 0 Å². The molecule has 4 N–H and O–H groups in total. The smallest absolute Gasteiger partial charge is 0.259 e. The van der Waals surface area contributed by atoms with Crippen molar-refractivity contribution in [2.45, 2.75) is 6.92 Å². The van der Waals surface area contributed by atoms with E-state index in [0.717, 1.165) is 5.56 Å². The number of benzene rings is 2. The summed E-state index contributed by atoms with van der Waals surface area (Å²) < 4.78 is 10.4. The van der Waals surface area contributed by atoms with Crippen LogP contribution in [0.15, 0.2) is 47.6 Å². The fourth-order valence-corrected chi connectivity index (χ4v) is 2.30. The predicted molar refractivity (Wildman–Crippen MR) is 107 cm³/mol. The van der Waals surface area contributed by atoms with Crippen molar-refractivity contribution in [3.05, 3.63) is 59.2 Å². The lowest BCUT2D eigenvalue weighted by molar-refractivity contribution is -0.120. The minimum absolute atomic E-state index is 0.215. The molecule has 2 aromatic rings. The Morgan fingerprint density at radius 1 is 1.14 bits per heavy atom. The molecule has 2 aromatic carbocycles. The van der Waals surface area contributed by atoms with Crippen molar-refractivity contribution < 1.29 is 23.9 Å². The van der Waals surface area contributed by atoms with Gasteiger partial charge in [0.25, 0.3) is 17.7 Å². The molecule has 0 radical (unpaired) electrons. The fourth-order valence-electron chi connectivity index (χ4n) is 2.30. The maximum Gasteiger partial charge on any atom is 0.259 e. The Labute approximate surface area is 167 Å². The van der Waals surface area contributed by atoms with Gasteiger partial charge in [-0.05, 0) is 42.8 Å². The van der Waals surface area contributed by atoms with Crippen molar-refractivity contribution in [1.82, 2.24) is 10.7 Å². The van der Waals surface area contributed by atoms with Crippen LogP contribution in [0.2, 0.25) is 0 Å². The molecule has 0 atom stereocenters. The summed E-state index contributed by atoms with van der Waals surface area (Å²) in [5, 5.41) is 6.36. The number of amides is 3. The van der Waals surface area contributed by atoms with Gasteiger partial charge >= 0.3 is 0 Å². The predicted octanol–water partition coefficient (Wildman–Crippen LogP) is 0.748. The van der Waals surface area contributed by atoms with E-state index in [0.29, 0.717) is 22.6 Å². The van der Waals surface area contributed by atoms with E-state index in [9.17, 15) is 14.4 Å². The molecule has 0 fully saturated rings. The number of methoxy groups -OCH3 is 1. The van der Waals surface area contributed by atoms with E-state index in [1.165, 1.54) is 13.3 Å². The number of nitrogens with two attached hydrogens (primary N) is 1. The first-order valence-corrected chi connectivity index (χ1v) is 8.65. The van der Waals surface area contributed by atoms with Gasteiger partial charge < -0.3 is 20.5 Å². The van der Waals surface area contributed by atoms with Gasteiger partial charge in [-0.3, -0.25) is 14.4 Å². The first kappa shape index (κ1) is 21.4. The molecule has 0 aliphatic heterocycles. The molecular weight excluding hydrogens is 376 g/mol. The van der Waals surface area contributed by atoms with E-state index < -0.39 is 11.8 Å². The van der Waals surface area contributed by atoms with E-state index in [4.69, 9.17) is 15.2 Å². The number of primary amides is 1. The molecule has 9 heteroatoms. The van der Waals surface area contributed by atoms with Crippen LogP contribution in [0.1, 0.15) is 21.5 Å². The molecule has 0 unspecified atom stereocenters. The Balaban J connectivity index is 1.86. The van der Waals surface area contributed by atoms with E-state index in [-0.39, 0.29) is 19.1 Å². The Bertz CT molecular complexity index is 927. The van der Waals surface area contributed by atoms with Crippen molar-refractivity contribution in [3.63, 3.8) is 0 Å². The number of rotatable bonds is 9. The SMILES string of the molecule is COc1cc(/C=N\NC(=O)CNC(=O)c2cccc(C)c2)ccc1OCC(N)=O. The highest BCUT2D eigenvalue weighted by Crippen LogP contribution is 2.27. The lowest BCUT2D eigenvalue weighted by Crippen LogP contribution is -2.34. The third kappa shape index (κ3) is 6.98. The third-order valence-corrected chi connectivity index (χ3v) is 3.65. The zero-order valence-electron chi connectivity index (χ0n) is 16.1. The molecule has 0 saturated heterocycles. The number of hydrazone groups is 1. The van der Waals surface area contributed by atoms with Crippen LogP contribution in [0, 0.1) is 6.92 Å². The average Bonchev–Trinajstić information content (AvgIpc) is 2.70. The maximum absolute atomic E-state index is 12.0. The standard InChI is InChI=1S/C20H22N4O5/c1-13-4-3-5-15(8-13)20(27)22-11-19(26)24-23-10-14-6-7-16(17(9-14)28-2)29-12-18(21)25/h3-10H,11-12H2,1-2H3,(H2,21,25)(H,22,27)(H,24,26)/b23-10-. The minimum atomic E-state index is -0.602. The molecule has 0 heterocycles. The van der Waals surface area contributed by atoms with Gasteiger partial charge in [0.1, 0.15) is 0 Å². The van der Waals surface area contributed by atoms with E-state index >= 15 is 0 Å². The number of nitrogens with zero attached hydrogens (tertiary/aromatic N) is 1. The fraction of sp³-hybridized carbons (Fsp3) is 0.200. The molecule has 29 heavy (non-hydrogen) atoms. The van der Waals surface area contributed by atoms with Crippen molar-refractivity contribution >= 4 is 23.9 Å². The first-order valence-electron chi connectivity index (χ1n) is 8.65. The average molecular weight is 398 g/mol. The Morgan fingerprint density at radius 2 is 1.93 bits per heavy atom. The second kappa shape index (κ2) is 10.5. The van der Waals surface area contributed by atoms with Crippen molar-refractivity contribution in [2.24, 2.45) is 10.8 Å². The van der Waals surface area contributed by atoms with Crippen LogP contribution in [0.4, 0.5) is 0 Å². The van der Waals surface area contributed by atoms with Gasteiger partial charge in [0.05, 0.1) is 19.9 Å². The number of nitrogens with one attached hydrogen (secondary N) is 2. The van der Waals surface area contributed by atoms with Crippen molar-refractivity contribution in [3.8, 4) is 11.5 Å². The molecule has 3 amide bonds. The molecule has 0 aliphatic rings. The van der Waals surface area contributed by atoms with Gasteiger partial charge in [0.2, 0.25) is 0 Å². The summed E-state index contributed by atoms with van der Waals surface area (Å²) in [5.41, 5.74) is 9.42. The zero-order valence-corrected chi connectivity index (χ0v) is 16.1. The highest BCUT2D eigenvalue weighted by molar-refractivity contribution is 5.96. The number of carbonyl (C=O) groups excluding carboxylic acids is 3. The normalized spacial score (nSPS) is 10.4. The van der Waals surface area contributed by atoms with E-state index in [1.54, 1.807) is 36.4 Å². The van der Waals surface area contributed by atoms with Crippen molar-refractivity contribution in [1.29, 1.82) is 0 Å². The molecule has 9 nitrogen and oxygen atoms in total. The Kier molecular flexibility index (Phi) is 7.72. The van der Waals surface area contributed by atoms with Gasteiger partial charge in [-0.25, -0.2) is 5.43 Å². The van der Waals surface area contributed by atoms with Crippen molar-refractivity contribution in [2.75, 3.05) is 20.3 Å². The van der Waals surface area contributed by atoms with Crippen LogP contribution in [-0.2, 0) is 9.59 Å². The Hall–Kier alpha value is -3.88. The molecule has 0 aromatic heterocycles. The van der Waals surface area contributed by atoms with Gasteiger partial charge in [0.15, 0.2) is 18.1 Å². The quantitative estimate of drug-likeness (QED) is 0.424. The summed E-state index contributed by atoms with van der Waals surface area (Å²) in [6, 6.07) is 11.9. The lowest BCUT2D eigenvalue weighted by Gasteiger charge is -2.09. The number of hydrogen-bond donors (Lipinski definition) is 3. The molecular formula is C20H22N4O5. The second-order valence-electron chi connectivity index (χ2n) is 6.01. The van der Waals surface area contributed by atoms with Crippen LogP contribution in [0.25, 0.3) is 0 Å². The highest BCUT2D eigenvalue weighted by atomic mass is 16.5. The maximum atomic E-state index is 12.0. The third-order valence-electron chi connectivity index (χ3n) is 3.65. The van der Waals surface area contributed by atoms with Crippen LogP contribution >= 0.6 is 0 Å². The van der Waals surface area contributed by atoms with Gasteiger partial charge in [0, 0.05) is 5.56 Å². The van der Waals surface area contributed by atoms with Crippen LogP contribution in [0.5, 0.6) is 11.5 Å². The number of aryl methyl sites for hydroxylation is 1. The van der Waals surface area contributed by atoms with Gasteiger partial charge in [-0.1, -0.05) is 17.7 Å². The molecule has 0 spiro atoms. The monoisotopic (exact) mass is 398 g/mol. The molecule has 0 bridgehead atoms. The first-order chi connectivity index (χ1) is 13.9. The van der Waals surface area contributed by atoms with Crippen LogP contribution < -0.4 is 25.9 Å². The highest BCUT2D eigenvalue weighted by Gasteiger charge is 2.08.